The van der Waals surface area contributed by atoms with Gasteiger partial charge >= 0.3 is 0 Å². The monoisotopic (exact) mass is 371 g/mol. The van der Waals surface area contributed by atoms with Gasteiger partial charge in [0.25, 0.3) is 5.91 Å². The third-order valence-electron chi connectivity index (χ3n) is 5.60. The van der Waals surface area contributed by atoms with Crippen LogP contribution in [0.1, 0.15) is 49.4 Å². The van der Waals surface area contributed by atoms with E-state index >= 15 is 0 Å². The van der Waals surface area contributed by atoms with E-state index in [-0.39, 0.29) is 29.7 Å². The number of nitrogens with one attached hydrogen (secondary N) is 1. The highest BCUT2D eigenvalue weighted by Crippen LogP contribution is 2.19. The number of piperidine rings is 2. The van der Waals surface area contributed by atoms with Gasteiger partial charge in [0.2, 0.25) is 11.8 Å². The molecule has 0 aromatic heterocycles. The van der Waals surface area contributed by atoms with Gasteiger partial charge in [0.05, 0.1) is 5.92 Å². The van der Waals surface area contributed by atoms with Gasteiger partial charge in [-0.25, -0.2) is 0 Å². The standard InChI is InChI=1S/C21H29N3O3/c1-2-19(25)24-12-6-9-17(15-24)20(26)22-18-10-13-23(14-11-18)21(27)16-7-4-3-5-8-16/h3-5,7-8,17-18H,2,6,9-15H2,1H3,(H,22,26)/t17-/m0/s1. The van der Waals surface area contributed by atoms with E-state index in [0.29, 0.717) is 31.6 Å². The minimum atomic E-state index is -0.113. The number of carbonyl (C=O) groups is 3. The minimum absolute atomic E-state index is 0.0523. The van der Waals surface area contributed by atoms with E-state index < -0.39 is 0 Å². The second-order valence-electron chi connectivity index (χ2n) is 7.47. The summed E-state index contributed by atoms with van der Waals surface area (Å²) in [5.74, 6) is 0.122. The van der Waals surface area contributed by atoms with Crippen LogP contribution >= 0.6 is 0 Å². The molecule has 1 aromatic rings. The van der Waals surface area contributed by atoms with Crippen molar-refractivity contribution in [3.05, 3.63) is 35.9 Å². The molecule has 1 atom stereocenters. The van der Waals surface area contributed by atoms with Crippen molar-refractivity contribution in [2.45, 2.75) is 45.1 Å². The van der Waals surface area contributed by atoms with Gasteiger partial charge in [-0.15, -0.1) is 0 Å². The fourth-order valence-electron chi connectivity index (χ4n) is 3.95. The molecule has 2 fully saturated rings. The number of benzene rings is 1. The fourth-order valence-corrected chi connectivity index (χ4v) is 3.95. The molecule has 6 heteroatoms. The Balaban J connectivity index is 1.47. The first-order chi connectivity index (χ1) is 13.1. The Kier molecular flexibility index (Phi) is 6.48. The largest absolute Gasteiger partial charge is 0.353 e. The molecule has 146 valence electrons. The molecule has 27 heavy (non-hydrogen) atoms. The van der Waals surface area contributed by atoms with Gasteiger partial charge in [-0.1, -0.05) is 25.1 Å². The lowest BCUT2D eigenvalue weighted by Crippen LogP contribution is -2.50. The second-order valence-corrected chi connectivity index (χ2v) is 7.47. The Bertz CT molecular complexity index is 669. The number of rotatable bonds is 4. The Morgan fingerprint density at radius 3 is 2.37 bits per heavy atom. The smallest absolute Gasteiger partial charge is 0.253 e. The summed E-state index contributed by atoms with van der Waals surface area (Å²) in [6, 6.07) is 9.42. The van der Waals surface area contributed by atoms with E-state index in [2.05, 4.69) is 5.32 Å². The predicted octanol–water partition coefficient (Wildman–Crippen LogP) is 2.06. The van der Waals surface area contributed by atoms with Crippen LogP contribution in [0.2, 0.25) is 0 Å². The Morgan fingerprint density at radius 2 is 1.70 bits per heavy atom. The normalized spacial score (nSPS) is 21.0. The summed E-state index contributed by atoms with van der Waals surface area (Å²) in [6.07, 6.45) is 3.75. The molecule has 2 aliphatic rings. The summed E-state index contributed by atoms with van der Waals surface area (Å²) < 4.78 is 0. The Hall–Kier alpha value is -2.37. The highest BCUT2D eigenvalue weighted by molar-refractivity contribution is 5.94. The van der Waals surface area contributed by atoms with Gasteiger partial charge in [-0.05, 0) is 37.8 Å². The maximum absolute atomic E-state index is 12.6. The average Bonchev–Trinajstić information content (AvgIpc) is 2.74. The van der Waals surface area contributed by atoms with Crippen LogP contribution in [0.5, 0.6) is 0 Å². The highest BCUT2D eigenvalue weighted by Gasteiger charge is 2.30. The summed E-state index contributed by atoms with van der Waals surface area (Å²) in [6.45, 7) is 4.46. The number of hydrogen-bond donors (Lipinski definition) is 1. The van der Waals surface area contributed by atoms with Crippen molar-refractivity contribution in [1.29, 1.82) is 0 Å². The van der Waals surface area contributed by atoms with Crippen molar-refractivity contribution in [3.8, 4) is 0 Å². The van der Waals surface area contributed by atoms with Crippen molar-refractivity contribution in [1.82, 2.24) is 15.1 Å². The van der Waals surface area contributed by atoms with Crippen LogP contribution in [-0.2, 0) is 9.59 Å². The molecular formula is C21H29N3O3. The Labute approximate surface area is 160 Å². The van der Waals surface area contributed by atoms with Crippen LogP contribution in [0.3, 0.4) is 0 Å². The number of nitrogens with zero attached hydrogens (tertiary/aromatic N) is 2. The molecular weight excluding hydrogens is 342 g/mol. The van der Waals surface area contributed by atoms with Crippen LogP contribution in [-0.4, -0.2) is 59.7 Å². The summed E-state index contributed by atoms with van der Waals surface area (Å²) in [7, 11) is 0. The van der Waals surface area contributed by atoms with Gasteiger partial charge in [0, 0.05) is 44.2 Å². The molecule has 3 rings (SSSR count). The summed E-state index contributed by atoms with van der Waals surface area (Å²) in [5.41, 5.74) is 0.711. The first-order valence-electron chi connectivity index (χ1n) is 10.0. The average molecular weight is 371 g/mol. The zero-order chi connectivity index (χ0) is 19.2. The molecule has 3 amide bonds. The second kappa shape index (κ2) is 9.02. The van der Waals surface area contributed by atoms with E-state index in [0.717, 1.165) is 32.2 Å². The van der Waals surface area contributed by atoms with Crippen LogP contribution in [0.25, 0.3) is 0 Å². The lowest BCUT2D eigenvalue weighted by atomic mass is 9.95. The highest BCUT2D eigenvalue weighted by atomic mass is 16.2. The molecule has 0 saturated carbocycles. The van der Waals surface area contributed by atoms with Crippen LogP contribution < -0.4 is 5.32 Å². The van der Waals surface area contributed by atoms with Gasteiger partial charge in [0.1, 0.15) is 0 Å². The molecule has 0 aliphatic carbocycles. The first kappa shape index (κ1) is 19.4. The van der Waals surface area contributed by atoms with Crippen LogP contribution in [0.15, 0.2) is 30.3 Å². The minimum Gasteiger partial charge on any atom is -0.353 e. The van der Waals surface area contributed by atoms with Crippen molar-refractivity contribution in [2.75, 3.05) is 26.2 Å². The molecule has 0 unspecified atom stereocenters. The summed E-state index contributed by atoms with van der Waals surface area (Å²) in [5, 5.41) is 3.15. The summed E-state index contributed by atoms with van der Waals surface area (Å²) in [4.78, 5) is 40.7. The third-order valence-corrected chi connectivity index (χ3v) is 5.60. The topological polar surface area (TPSA) is 69.7 Å². The molecule has 2 heterocycles. The van der Waals surface area contributed by atoms with E-state index in [1.807, 2.05) is 47.1 Å². The first-order valence-corrected chi connectivity index (χ1v) is 10.0. The third kappa shape index (κ3) is 4.87. The van der Waals surface area contributed by atoms with Gasteiger partial charge in [0.15, 0.2) is 0 Å². The zero-order valence-corrected chi connectivity index (χ0v) is 16.0. The number of amides is 3. The molecule has 1 N–H and O–H groups in total. The molecule has 0 radical (unpaired) electrons. The SMILES string of the molecule is CCC(=O)N1CCC[C@H](C(=O)NC2CCN(C(=O)c3ccccc3)CC2)C1. The van der Waals surface area contributed by atoms with E-state index in [4.69, 9.17) is 0 Å². The van der Waals surface area contributed by atoms with E-state index in [1.54, 1.807) is 0 Å². The van der Waals surface area contributed by atoms with E-state index in [1.165, 1.54) is 0 Å². The van der Waals surface area contributed by atoms with E-state index in [9.17, 15) is 14.4 Å². The Morgan fingerprint density at radius 1 is 1.00 bits per heavy atom. The molecule has 2 aliphatic heterocycles. The maximum Gasteiger partial charge on any atom is 0.253 e. The van der Waals surface area contributed by atoms with Crippen molar-refractivity contribution in [3.63, 3.8) is 0 Å². The number of likely N-dealkylation sites (tertiary alicyclic amines) is 2. The number of carbonyl (C=O) groups excluding carboxylic acids is 3. The zero-order valence-electron chi connectivity index (χ0n) is 16.0. The predicted molar refractivity (Wildman–Crippen MR) is 103 cm³/mol. The molecule has 0 spiro atoms. The van der Waals surface area contributed by atoms with Crippen molar-refractivity contribution in [2.24, 2.45) is 5.92 Å². The maximum atomic E-state index is 12.6. The fraction of sp³-hybridized carbons (Fsp3) is 0.571. The molecule has 0 bridgehead atoms. The van der Waals surface area contributed by atoms with Gasteiger partial charge in [-0.2, -0.15) is 0 Å². The lowest BCUT2D eigenvalue weighted by molar-refractivity contribution is -0.135. The van der Waals surface area contributed by atoms with Gasteiger partial charge in [-0.3, -0.25) is 14.4 Å². The van der Waals surface area contributed by atoms with Crippen LogP contribution in [0, 0.1) is 5.92 Å². The quantitative estimate of drug-likeness (QED) is 0.881. The molecule has 1 aromatic carbocycles. The summed E-state index contributed by atoms with van der Waals surface area (Å²) >= 11 is 0. The number of hydrogen-bond acceptors (Lipinski definition) is 3. The van der Waals surface area contributed by atoms with Crippen molar-refractivity contribution < 1.29 is 14.4 Å². The molecule has 6 nitrogen and oxygen atoms in total. The van der Waals surface area contributed by atoms with Crippen molar-refractivity contribution >= 4 is 17.7 Å². The van der Waals surface area contributed by atoms with Gasteiger partial charge < -0.3 is 15.1 Å². The lowest BCUT2D eigenvalue weighted by Gasteiger charge is -2.35. The van der Waals surface area contributed by atoms with Crippen LogP contribution in [0.4, 0.5) is 0 Å². The molecule has 2 saturated heterocycles.